The van der Waals surface area contributed by atoms with Gasteiger partial charge in [-0.2, -0.15) is 0 Å². The highest BCUT2D eigenvalue weighted by Crippen LogP contribution is 2.16. The summed E-state index contributed by atoms with van der Waals surface area (Å²) in [5, 5.41) is 0. The summed E-state index contributed by atoms with van der Waals surface area (Å²) in [6, 6.07) is 1.54. The lowest BCUT2D eigenvalue weighted by Crippen LogP contribution is -2.17. The zero-order valence-electron chi connectivity index (χ0n) is 7.03. The first-order valence-corrected chi connectivity index (χ1v) is 3.69. The van der Waals surface area contributed by atoms with Gasteiger partial charge in [0.25, 0.3) is 0 Å². The molecule has 0 spiro atoms. The zero-order chi connectivity index (χ0) is 8.97. The van der Waals surface area contributed by atoms with E-state index < -0.39 is 0 Å². The standard InChI is InChI=1S/C8H13N3O/c1-12-5-8(10)6-4-11-3-2-7(6)9/h2-4,8H,5,10H2,1H3,(H2,9,11). The highest BCUT2D eigenvalue weighted by Gasteiger charge is 2.08. The van der Waals surface area contributed by atoms with Crippen LogP contribution in [-0.2, 0) is 4.74 Å². The first-order chi connectivity index (χ1) is 5.75. The summed E-state index contributed by atoms with van der Waals surface area (Å²) < 4.78 is 4.90. The number of nitrogen functional groups attached to an aromatic ring is 1. The molecule has 1 rings (SSSR count). The van der Waals surface area contributed by atoms with Crippen LogP contribution in [0.2, 0.25) is 0 Å². The van der Waals surface area contributed by atoms with Crippen LogP contribution in [0.4, 0.5) is 5.69 Å². The molecule has 0 saturated carbocycles. The number of nitrogens with two attached hydrogens (primary N) is 2. The molecule has 0 amide bonds. The van der Waals surface area contributed by atoms with Crippen molar-refractivity contribution < 1.29 is 4.74 Å². The Bertz CT molecular complexity index is 252. The molecular weight excluding hydrogens is 154 g/mol. The number of methoxy groups -OCH3 is 1. The molecule has 66 valence electrons. The van der Waals surface area contributed by atoms with Crippen LogP contribution < -0.4 is 11.5 Å². The van der Waals surface area contributed by atoms with Crippen LogP contribution in [-0.4, -0.2) is 18.7 Å². The lowest BCUT2D eigenvalue weighted by Gasteiger charge is -2.11. The Morgan fingerprint density at radius 2 is 2.42 bits per heavy atom. The molecule has 0 fully saturated rings. The van der Waals surface area contributed by atoms with E-state index in [-0.39, 0.29) is 6.04 Å². The van der Waals surface area contributed by atoms with Crippen LogP contribution in [0.5, 0.6) is 0 Å². The van der Waals surface area contributed by atoms with E-state index in [2.05, 4.69) is 4.98 Å². The number of ether oxygens (including phenoxy) is 1. The smallest absolute Gasteiger partial charge is 0.0656 e. The van der Waals surface area contributed by atoms with Gasteiger partial charge in [0.2, 0.25) is 0 Å². The van der Waals surface area contributed by atoms with Crippen LogP contribution in [0, 0.1) is 0 Å². The summed E-state index contributed by atoms with van der Waals surface area (Å²) in [5.74, 6) is 0. The molecule has 1 unspecified atom stereocenters. The van der Waals surface area contributed by atoms with E-state index in [9.17, 15) is 0 Å². The average Bonchev–Trinajstić information content (AvgIpc) is 2.05. The SMILES string of the molecule is COCC(N)c1cnccc1N. The van der Waals surface area contributed by atoms with Gasteiger partial charge in [0.05, 0.1) is 12.6 Å². The highest BCUT2D eigenvalue weighted by atomic mass is 16.5. The van der Waals surface area contributed by atoms with Crippen molar-refractivity contribution in [3.05, 3.63) is 24.0 Å². The summed E-state index contributed by atoms with van der Waals surface area (Å²) in [6.07, 6.45) is 3.30. The third-order valence-electron chi connectivity index (χ3n) is 1.63. The Kier molecular flexibility index (Phi) is 3.01. The second-order valence-electron chi connectivity index (χ2n) is 2.57. The Labute approximate surface area is 71.5 Å². The topological polar surface area (TPSA) is 74.2 Å². The summed E-state index contributed by atoms with van der Waals surface area (Å²) in [4.78, 5) is 3.93. The molecule has 4 N–H and O–H groups in total. The maximum Gasteiger partial charge on any atom is 0.0656 e. The number of aromatic nitrogens is 1. The maximum atomic E-state index is 5.76. The molecule has 12 heavy (non-hydrogen) atoms. The minimum atomic E-state index is -0.191. The predicted octanol–water partition coefficient (Wildman–Crippen LogP) is 0.310. The van der Waals surface area contributed by atoms with Gasteiger partial charge in [0.1, 0.15) is 0 Å². The first kappa shape index (κ1) is 8.96. The fraction of sp³-hybridized carbons (Fsp3) is 0.375. The van der Waals surface area contributed by atoms with E-state index in [0.29, 0.717) is 12.3 Å². The molecule has 0 bridgehead atoms. The van der Waals surface area contributed by atoms with E-state index >= 15 is 0 Å². The number of hydrogen-bond donors (Lipinski definition) is 2. The van der Waals surface area contributed by atoms with E-state index in [1.54, 1.807) is 25.6 Å². The molecule has 0 aliphatic carbocycles. The third-order valence-corrected chi connectivity index (χ3v) is 1.63. The van der Waals surface area contributed by atoms with Gasteiger partial charge in [-0.3, -0.25) is 4.98 Å². The second-order valence-corrected chi connectivity index (χ2v) is 2.57. The molecule has 1 heterocycles. The number of hydrogen-bond acceptors (Lipinski definition) is 4. The van der Waals surface area contributed by atoms with Gasteiger partial charge in [-0.05, 0) is 6.07 Å². The van der Waals surface area contributed by atoms with Crippen LogP contribution in [0.15, 0.2) is 18.5 Å². The van der Waals surface area contributed by atoms with Gasteiger partial charge in [-0.25, -0.2) is 0 Å². The van der Waals surface area contributed by atoms with Crippen LogP contribution in [0.3, 0.4) is 0 Å². The van der Waals surface area contributed by atoms with E-state index in [4.69, 9.17) is 16.2 Å². The fourth-order valence-corrected chi connectivity index (χ4v) is 0.997. The van der Waals surface area contributed by atoms with E-state index in [1.165, 1.54) is 0 Å². The Morgan fingerprint density at radius 1 is 1.67 bits per heavy atom. The number of pyridine rings is 1. The molecule has 4 nitrogen and oxygen atoms in total. The molecule has 0 radical (unpaired) electrons. The van der Waals surface area contributed by atoms with Crippen molar-refractivity contribution in [1.82, 2.24) is 4.98 Å². The fourth-order valence-electron chi connectivity index (χ4n) is 0.997. The maximum absolute atomic E-state index is 5.76. The molecule has 1 atom stereocenters. The van der Waals surface area contributed by atoms with Crippen molar-refractivity contribution in [2.45, 2.75) is 6.04 Å². The van der Waals surface area contributed by atoms with Crippen molar-refractivity contribution >= 4 is 5.69 Å². The van der Waals surface area contributed by atoms with Gasteiger partial charge >= 0.3 is 0 Å². The van der Waals surface area contributed by atoms with Gasteiger partial charge in [0.15, 0.2) is 0 Å². The first-order valence-electron chi connectivity index (χ1n) is 3.69. The molecule has 0 aliphatic heterocycles. The molecule has 1 aromatic heterocycles. The Morgan fingerprint density at radius 3 is 3.00 bits per heavy atom. The minimum Gasteiger partial charge on any atom is -0.398 e. The van der Waals surface area contributed by atoms with Crippen LogP contribution in [0.1, 0.15) is 11.6 Å². The van der Waals surface area contributed by atoms with Crippen LogP contribution >= 0.6 is 0 Å². The van der Waals surface area contributed by atoms with Crippen molar-refractivity contribution in [2.75, 3.05) is 19.5 Å². The predicted molar refractivity (Wildman–Crippen MR) is 47.5 cm³/mol. The van der Waals surface area contributed by atoms with E-state index in [0.717, 1.165) is 5.56 Å². The van der Waals surface area contributed by atoms with Gasteiger partial charge in [-0.1, -0.05) is 0 Å². The summed E-state index contributed by atoms with van der Waals surface area (Å²) in [5.41, 5.74) is 12.9. The lowest BCUT2D eigenvalue weighted by molar-refractivity contribution is 0.181. The monoisotopic (exact) mass is 167 g/mol. The number of nitrogens with zero attached hydrogens (tertiary/aromatic N) is 1. The highest BCUT2D eigenvalue weighted by molar-refractivity contribution is 5.46. The molecule has 0 aliphatic rings. The minimum absolute atomic E-state index is 0.191. The average molecular weight is 167 g/mol. The molecule has 0 saturated heterocycles. The number of anilines is 1. The largest absolute Gasteiger partial charge is 0.398 e. The molecular formula is C8H13N3O. The summed E-state index contributed by atoms with van der Waals surface area (Å²) in [6.45, 7) is 0.454. The molecule has 1 aromatic rings. The lowest BCUT2D eigenvalue weighted by atomic mass is 10.1. The number of rotatable bonds is 3. The normalized spacial score (nSPS) is 12.8. The second kappa shape index (κ2) is 4.04. The zero-order valence-corrected chi connectivity index (χ0v) is 7.03. The molecule has 4 heteroatoms. The van der Waals surface area contributed by atoms with Crippen molar-refractivity contribution in [2.24, 2.45) is 5.73 Å². The van der Waals surface area contributed by atoms with Gasteiger partial charge < -0.3 is 16.2 Å². The Balaban J connectivity index is 2.79. The quantitative estimate of drug-likeness (QED) is 0.679. The molecule has 0 aromatic carbocycles. The third kappa shape index (κ3) is 1.93. The van der Waals surface area contributed by atoms with E-state index in [1.807, 2.05) is 0 Å². The van der Waals surface area contributed by atoms with Gasteiger partial charge in [-0.15, -0.1) is 0 Å². The van der Waals surface area contributed by atoms with Crippen molar-refractivity contribution in [1.29, 1.82) is 0 Å². The Hall–Kier alpha value is -1.13. The van der Waals surface area contributed by atoms with Gasteiger partial charge in [0, 0.05) is 30.8 Å². The summed E-state index contributed by atoms with van der Waals surface area (Å²) >= 11 is 0. The van der Waals surface area contributed by atoms with Crippen molar-refractivity contribution in [3.8, 4) is 0 Å². The van der Waals surface area contributed by atoms with Crippen LogP contribution in [0.25, 0.3) is 0 Å². The van der Waals surface area contributed by atoms with Crippen molar-refractivity contribution in [3.63, 3.8) is 0 Å². The summed E-state index contributed by atoms with van der Waals surface area (Å²) in [7, 11) is 1.60.